The second-order valence-electron chi connectivity index (χ2n) is 5.89. The topological polar surface area (TPSA) is 141 Å². The molecular formula is C15H14N6O4S2. The Balaban J connectivity index is 1.69. The molecule has 27 heavy (non-hydrogen) atoms. The highest BCUT2D eigenvalue weighted by Crippen LogP contribution is 2.44. The van der Waals surface area contributed by atoms with Crippen molar-refractivity contribution in [2.24, 2.45) is 0 Å². The molecule has 2 aliphatic rings. The molecule has 2 atom stereocenters. The van der Waals surface area contributed by atoms with Crippen LogP contribution in [0.15, 0.2) is 29.0 Å². The maximum Gasteiger partial charge on any atom is 0.352 e. The van der Waals surface area contributed by atoms with E-state index in [1.807, 2.05) is 0 Å². The SMILES string of the molecule is CC(=O)NC1S[C@H]2CC(=O)N2C(C(=O)O)=C1CSc1ncnc2nc[nH]c12. The second kappa shape index (κ2) is 6.85. The summed E-state index contributed by atoms with van der Waals surface area (Å²) in [4.78, 5) is 52.0. The number of carbonyl (C=O) groups is 3. The summed E-state index contributed by atoms with van der Waals surface area (Å²) >= 11 is 2.66. The van der Waals surface area contributed by atoms with Gasteiger partial charge in [-0.15, -0.1) is 11.8 Å². The van der Waals surface area contributed by atoms with Crippen LogP contribution in [0, 0.1) is 0 Å². The monoisotopic (exact) mass is 406 g/mol. The first-order chi connectivity index (χ1) is 13.0. The fourth-order valence-corrected chi connectivity index (χ4v) is 5.58. The van der Waals surface area contributed by atoms with Crippen molar-refractivity contribution in [3.05, 3.63) is 23.9 Å². The minimum atomic E-state index is -1.19. The summed E-state index contributed by atoms with van der Waals surface area (Å²) in [5, 5.41) is 12.3. The Labute approximate surface area is 161 Å². The highest BCUT2D eigenvalue weighted by Gasteiger charge is 2.48. The summed E-state index contributed by atoms with van der Waals surface area (Å²) in [7, 11) is 0. The molecule has 1 unspecified atom stereocenters. The molecule has 0 spiro atoms. The van der Waals surface area contributed by atoms with Gasteiger partial charge in [0.05, 0.1) is 18.1 Å². The third kappa shape index (κ3) is 3.14. The average Bonchev–Trinajstić information content (AvgIpc) is 3.08. The molecule has 1 saturated heterocycles. The molecule has 2 aromatic heterocycles. The van der Waals surface area contributed by atoms with Crippen LogP contribution in [0.25, 0.3) is 11.2 Å². The minimum Gasteiger partial charge on any atom is -0.477 e. The zero-order valence-electron chi connectivity index (χ0n) is 14.0. The van der Waals surface area contributed by atoms with E-state index >= 15 is 0 Å². The number of aliphatic carboxylic acids is 1. The molecule has 0 saturated carbocycles. The van der Waals surface area contributed by atoms with E-state index in [0.29, 0.717) is 21.8 Å². The number of thioether (sulfide) groups is 2. The van der Waals surface area contributed by atoms with Crippen LogP contribution in [0.4, 0.5) is 0 Å². The van der Waals surface area contributed by atoms with E-state index < -0.39 is 11.3 Å². The van der Waals surface area contributed by atoms with E-state index in [0.717, 1.165) is 0 Å². The smallest absolute Gasteiger partial charge is 0.352 e. The Morgan fingerprint density at radius 2 is 2.26 bits per heavy atom. The lowest BCUT2D eigenvalue weighted by Crippen LogP contribution is -2.57. The van der Waals surface area contributed by atoms with Crippen LogP contribution in [-0.4, -0.2) is 64.2 Å². The van der Waals surface area contributed by atoms with Gasteiger partial charge in [0.25, 0.3) is 0 Å². The van der Waals surface area contributed by atoms with Crippen LogP contribution in [0.3, 0.4) is 0 Å². The van der Waals surface area contributed by atoms with Gasteiger partial charge in [0.2, 0.25) is 11.8 Å². The van der Waals surface area contributed by atoms with E-state index in [9.17, 15) is 19.5 Å². The van der Waals surface area contributed by atoms with Gasteiger partial charge in [0.1, 0.15) is 27.9 Å². The van der Waals surface area contributed by atoms with E-state index in [4.69, 9.17) is 0 Å². The molecule has 0 aromatic carbocycles. The predicted octanol–water partition coefficient (Wildman–Crippen LogP) is 0.551. The molecule has 12 heteroatoms. The Morgan fingerprint density at radius 1 is 1.44 bits per heavy atom. The molecule has 0 bridgehead atoms. The van der Waals surface area contributed by atoms with Crippen molar-refractivity contribution < 1.29 is 19.5 Å². The maximum atomic E-state index is 12.0. The number of rotatable bonds is 5. The molecule has 10 nitrogen and oxygen atoms in total. The summed E-state index contributed by atoms with van der Waals surface area (Å²) in [6, 6.07) is 0. The van der Waals surface area contributed by atoms with Gasteiger partial charge in [-0.3, -0.25) is 14.5 Å². The van der Waals surface area contributed by atoms with E-state index in [1.54, 1.807) is 0 Å². The number of imidazole rings is 1. The third-order valence-electron chi connectivity index (χ3n) is 4.15. The highest BCUT2D eigenvalue weighted by molar-refractivity contribution is 8.01. The van der Waals surface area contributed by atoms with Gasteiger partial charge in [-0.25, -0.2) is 19.7 Å². The van der Waals surface area contributed by atoms with Crippen LogP contribution in [-0.2, 0) is 14.4 Å². The van der Waals surface area contributed by atoms with Crippen molar-refractivity contribution in [3.63, 3.8) is 0 Å². The molecule has 0 aliphatic carbocycles. The lowest BCUT2D eigenvalue weighted by Gasteiger charge is -2.46. The second-order valence-corrected chi connectivity index (χ2v) is 8.14. The molecule has 2 aromatic rings. The quantitative estimate of drug-likeness (QED) is 0.369. The van der Waals surface area contributed by atoms with Crippen molar-refractivity contribution in [2.45, 2.75) is 29.1 Å². The first-order valence-electron chi connectivity index (χ1n) is 7.93. The van der Waals surface area contributed by atoms with Gasteiger partial charge in [-0.2, -0.15) is 0 Å². The van der Waals surface area contributed by atoms with Crippen molar-refractivity contribution >= 4 is 52.5 Å². The zero-order valence-corrected chi connectivity index (χ0v) is 15.6. The Hall–Kier alpha value is -2.60. The molecule has 0 radical (unpaired) electrons. The van der Waals surface area contributed by atoms with Crippen molar-refractivity contribution in [1.82, 2.24) is 30.2 Å². The van der Waals surface area contributed by atoms with Crippen LogP contribution in [0.2, 0.25) is 0 Å². The normalized spacial score (nSPS) is 21.8. The Bertz CT molecular complexity index is 990. The van der Waals surface area contributed by atoms with Gasteiger partial charge in [-0.05, 0) is 0 Å². The number of fused-ring (bicyclic) bond motifs is 2. The van der Waals surface area contributed by atoms with E-state index in [-0.39, 0.29) is 35.1 Å². The lowest BCUT2D eigenvalue weighted by atomic mass is 10.1. The number of carbonyl (C=O) groups excluding carboxylic acids is 2. The van der Waals surface area contributed by atoms with Crippen LogP contribution in [0.5, 0.6) is 0 Å². The summed E-state index contributed by atoms with van der Waals surface area (Å²) in [6.45, 7) is 1.38. The number of β-lactam (4-membered cyclic amide) rings is 1. The molecule has 140 valence electrons. The number of H-pyrrole nitrogens is 1. The molecule has 2 amide bonds. The number of aromatic amines is 1. The Morgan fingerprint density at radius 3 is 2.96 bits per heavy atom. The first kappa shape index (κ1) is 17.8. The summed E-state index contributed by atoms with van der Waals surface area (Å²) in [6.07, 6.45) is 3.15. The largest absolute Gasteiger partial charge is 0.477 e. The van der Waals surface area contributed by atoms with Gasteiger partial charge in [0.15, 0.2) is 5.65 Å². The number of carboxylic acids is 1. The standard InChI is InChI=1S/C15H14N6O4S2/c1-6(22)20-13-7(11(15(24)25)21-8(23)2-9(21)27-13)3-26-14-10-12(17-4-16-10)18-5-19-14/h4-5,9,13H,2-3H2,1H3,(H,20,22)(H,24,25)(H,16,17,18,19)/t9-,13?/m0/s1. The highest BCUT2D eigenvalue weighted by atomic mass is 32.2. The van der Waals surface area contributed by atoms with Crippen LogP contribution >= 0.6 is 23.5 Å². The van der Waals surface area contributed by atoms with E-state index in [1.165, 1.54) is 48.0 Å². The predicted molar refractivity (Wildman–Crippen MR) is 97.5 cm³/mol. The zero-order chi connectivity index (χ0) is 19.1. The summed E-state index contributed by atoms with van der Waals surface area (Å²) in [5.41, 5.74) is 1.56. The number of nitrogens with zero attached hydrogens (tertiary/aromatic N) is 4. The fraction of sp³-hybridized carbons (Fsp3) is 0.333. The summed E-state index contributed by atoms with van der Waals surface area (Å²) < 4.78 is 0. The van der Waals surface area contributed by atoms with Crippen molar-refractivity contribution in [2.75, 3.05) is 5.75 Å². The van der Waals surface area contributed by atoms with Gasteiger partial charge < -0.3 is 15.4 Å². The first-order valence-corrected chi connectivity index (χ1v) is 9.86. The van der Waals surface area contributed by atoms with Crippen LogP contribution < -0.4 is 5.32 Å². The number of carboxylic acid groups (broad SMARTS) is 1. The summed E-state index contributed by atoms with van der Waals surface area (Å²) in [5.74, 6) is -1.45. The number of hydrogen-bond acceptors (Lipinski definition) is 8. The van der Waals surface area contributed by atoms with Gasteiger partial charge >= 0.3 is 5.97 Å². The van der Waals surface area contributed by atoms with E-state index in [2.05, 4.69) is 25.3 Å². The molecular weight excluding hydrogens is 392 g/mol. The molecule has 1 fully saturated rings. The lowest BCUT2D eigenvalue weighted by molar-refractivity contribution is -0.146. The average molecular weight is 406 g/mol. The maximum absolute atomic E-state index is 12.0. The minimum absolute atomic E-state index is 0.0591. The number of nitrogens with one attached hydrogen (secondary N) is 2. The van der Waals surface area contributed by atoms with Crippen molar-refractivity contribution in [1.29, 1.82) is 0 Å². The van der Waals surface area contributed by atoms with Gasteiger partial charge in [0, 0.05) is 18.2 Å². The van der Waals surface area contributed by atoms with Crippen LogP contribution in [0.1, 0.15) is 13.3 Å². The molecule has 2 aliphatic heterocycles. The molecule has 4 heterocycles. The molecule has 3 N–H and O–H groups in total. The number of hydrogen-bond donors (Lipinski definition) is 3. The fourth-order valence-electron chi connectivity index (χ4n) is 2.97. The number of aromatic nitrogens is 4. The molecule has 4 rings (SSSR count). The Kier molecular flexibility index (Phi) is 4.52. The number of amides is 2. The third-order valence-corrected chi connectivity index (χ3v) is 6.55. The van der Waals surface area contributed by atoms with Gasteiger partial charge in [-0.1, -0.05) is 11.8 Å². The van der Waals surface area contributed by atoms with Crippen molar-refractivity contribution in [3.8, 4) is 0 Å².